The van der Waals surface area contributed by atoms with E-state index < -0.39 is 0 Å². The molecule has 3 aromatic rings. The van der Waals surface area contributed by atoms with Crippen LogP contribution in [0.1, 0.15) is 35.4 Å². The second-order valence-corrected chi connectivity index (χ2v) is 7.38. The summed E-state index contributed by atoms with van der Waals surface area (Å²) in [6, 6.07) is 15.7. The van der Waals surface area contributed by atoms with Gasteiger partial charge in [0.1, 0.15) is 5.75 Å². The number of hydrogen-bond donors (Lipinski definition) is 1. The van der Waals surface area contributed by atoms with Gasteiger partial charge in [-0.3, -0.25) is 0 Å². The SMILES string of the molecule is COc1cc(C2=NN3[C@@H](c4ccsc4)Oc4ccccc4[C@@H]3C2)ccc1O. The lowest BCUT2D eigenvalue weighted by Gasteiger charge is -2.37. The third-order valence-electron chi connectivity index (χ3n) is 5.04. The third-order valence-corrected chi connectivity index (χ3v) is 5.74. The van der Waals surface area contributed by atoms with Crippen LogP contribution >= 0.6 is 11.3 Å². The number of methoxy groups -OCH3 is 1. The minimum Gasteiger partial charge on any atom is -0.504 e. The second kappa shape index (κ2) is 6.32. The fraction of sp³-hybridized carbons (Fsp3) is 0.190. The highest BCUT2D eigenvalue weighted by atomic mass is 32.1. The number of thiophene rings is 1. The summed E-state index contributed by atoms with van der Waals surface area (Å²) in [5.74, 6) is 1.49. The molecule has 0 unspecified atom stereocenters. The lowest BCUT2D eigenvalue weighted by molar-refractivity contribution is -0.0187. The van der Waals surface area contributed by atoms with E-state index in [0.29, 0.717) is 5.75 Å². The predicted molar refractivity (Wildman–Crippen MR) is 105 cm³/mol. The van der Waals surface area contributed by atoms with Crippen molar-refractivity contribution in [2.45, 2.75) is 18.7 Å². The number of ether oxygens (including phenoxy) is 2. The Morgan fingerprint density at radius 1 is 1.22 bits per heavy atom. The van der Waals surface area contributed by atoms with Crippen LogP contribution in [0.3, 0.4) is 0 Å². The summed E-state index contributed by atoms with van der Waals surface area (Å²) in [6.45, 7) is 0. The first kappa shape index (κ1) is 16.2. The van der Waals surface area contributed by atoms with Gasteiger partial charge in [-0.15, -0.1) is 0 Å². The maximum atomic E-state index is 9.89. The smallest absolute Gasteiger partial charge is 0.214 e. The molecular weight excluding hydrogens is 360 g/mol. The highest BCUT2D eigenvalue weighted by Gasteiger charge is 2.41. The average molecular weight is 378 g/mol. The maximum absolute atomic E-state index is 9.89. The Hall–Kier alpha value is -2.99. The number of nitrogens with zero attached hydrogens (tertiary/aromatic N) is 2. The van der Waals surface area contributed by atoms with Crippen LogP contribution in [-0.4, -0.2) is 22.9 Å². The number of benzene rings is 2. The van der Waals surface area contributed by atoms with E-state index in [1.165, 1.54) is 0 Å². The molecule has 0 aliphatic carbocycles. The highest BCUT2D eigenvalue weighted by molar-refractivity contribution is 7.07. The van der Waals surface area contributed by atoms with Crippen molar-refractivity contribution in [2.75, 3.05) is 7.11 Å². The molecule has 1 aromatic heterocycles. The molecule has 136 valence electrons. The summed E-state index contributed by atoms with van der Waals surface area (Å²) in [5, 5.41) is 21.0. The Balaban J connectivity index is 1.58. The lowest BCUT2D eigenvalue weighted by Crippen LogP contribution is -2.33. The molecular formula is C21H18N2O3S. The summed E-state index contributed by atoms with van der Waals surface area (Å²) in [6.07, 6.45) is 0.530. The minimum atomic E-state index is -0.243. The van der Waals surface area contributed by atoms with Crippen LogP contribution in [0.2, 0.25) is 0 Å². The Labute approximate surface area is 161 Å². The Morgan fingerprint density at radius 2 is 2.11 bits per heavy atom. The quantitative estimate of drug-likeness (QED) is 0.717. The van der Waals surface area contributed by atoms with E-state index in [-0.39, 0.29) is 18.0 Å². The van der Waals surface area contributed by atoms with Crippen molar-refractivity contribution in [3.8, 4) is 17.2 Å². The number of hydrogen-bond acceptors (Lipinski definition) is 6. The van der Waals surface area contributed by atoms with Crippen LogP contribution in [0, 0.1) is 0 Å². The molecule has 27 heavy (non-hydrogen) atoms. The number of aromatic hydroxyl groups is 1. The number of phenols is 1. The van der Waals surface area contributed by atoms with Gasteiger partial charge in [0, 0.05) is 23.1 Å². The summed E-state index contributed by atoms with van der Waals surface area (Å²) in [4.78, 5) is 0. The average Bonchev–Trinajstić information content (AvgIpc) is 3.38. The number of phenolic OH excluding ortho intramolecular Hbond substituents is 1. The third kappa shape index (κ3) is 2.64. The van der Waals surface area contributed by atoms with Crippen molar-refractivity contribution in [3.05, 3.63) is 76.0 Å². The normalized spacial score (nSPS) is 20.5. The van der Waals surface area contributed by atoms with Gasteiger partial charge < -0.3 is 14.6 Å². The van der Waals surface area contributed by atoms with Crippen LogP contribution in [0.15, 0.2) is 64.4 Å². The molecule has 0 radical (unpaired) electrons. The molecule has 0 amide bonds. The summed E-state index contributed by atoms with van der Waals surface area (Å²) < 4.78 is 11.6. The number of hydrazone groups is 1. The Kier molecular flexibility index (Phi) is 3.79. The van der Waals surface area contributed by atoms with Gasteiger partial charge in [0.25, 0.3) is 0 Å². The van der Waals surface area contributed by atoms with Crippen molar-refractivity contribution in [1.29, 1.82) is 0 Å². The molecule has 2 aromatic carbocycles. The van der Waals surface area contributed by atoms with E-state index in [1.54, 1.807) is 24.5 Å². The fourth-order valence-corrected chi connectivity index (χ4v) is 4.37. The molecule has 1 N–H and O–H groups in total. The van der Waals surface area contributed by atoms with Crippen molar-refractivity contribution < 1.29 is 14.6 Å². The van der Waals surface area contributed by atoms with Crippen LogP contribution < -0.4 is 9.47 Å². The van der Waals surface area contributed by atoms with Gasteiger partial charge in [-0.2, -0.15) is 16.4 Å². The highest BCUT2D eigenvalue weighted by Crippen LogP contribution is 2.47. The van der Waals surface area contributed by atoms with E-state index in [0.717, 1.165) is 34.6 Å². The molecule has 0 spiro atoms. The van der Waals surface area contributed by atoms with Crippen LogP contribution in [0.25, 0.3) is 0 Å². The minimum absolute atomic E-state index is 0.120. The number of para-hydroxylation sites is 1. The summed E-state index contributed by atoms with van der Waals surface area (Å²) in [5.41, 5.74) is 4.15. The van der Waals surface area contributed by atoms with E-state index >= 15 is 0 Å². The fourth-order valence-electron chi connectivity index (χ4n) is 3.70. The standard InChI is InChI=1S/C21H18N2O3S/c1-25-20-10-13(6-7-18(20)24)16-11-17-15-4-2-3-5-19(15)26-21(23(17)22-16)14-8-9-27-12-14/h2-10,12,17,21,24H,11H2,1H3/t17-,21+/m0/s1. The van der Waals surface area contributed by atoms with Crippen LogP contribution in [0.4, 0.5) is 0 Å². The van der Waals surface area contributed by atoms with Gasteiger partial charge in [-0.05, 0) is 41.1 Å². The molecule has 0 saturated carbocycles. The molecule has 6 heteroatoms. The van der Waals surface area contributed by atoms with Gasteiger partial charge in [-0.25, -0.2) is 5.01 Å². The first-order valence-corrected chi connectivity index (χ1v) is 9.70. The van der Waals surface area contributed by atoms with Crippen molar-refractivity contribution in [2.24, 2.45) is 5.10 Å². The maximum Gasteiger partial charge on any atom is 0.214 e. The van der Waals surface area contributed by atoms with Gasteiger partial charge in [0.05, 0.1) is 18.9 Å². The Bertz CT molecular complexity index is 1020. The zero-order valence-corrected chi connectivity index (χ0v) is 15.5. The predicted octanol–water partition coefficient (Wildman–Crippen LogP) is 4.70. The number of rotatable bonds is 3. The first-order valence-electron chi connectivity index (χ1n) is 8.75. The van der Waals surface area contributed by atoms with Gasteiger partial charge >= 0.3 is 0 Å². The zero-order chi connectivity index (χ0) is 18.4. The summed E-state index contributed by atoms with van der Waals surface area (Å²) in [7, 11) is 1.55. The monoisotopic (exact) mass is 378 g/mol. The van der Waals surface area contributed by atoms with Crippen molar-refractivity contribution >= 4 is 17.0 Å². The van der Waals surface area contributed by atoms with E-state index in [4.69, 9.17) is 14.6 Å². The number of fused-ring (bicyclic) bond motifs is 3. The van der Waals surface area contributed by atoms with Gasteiger partial charge in [0.15, 0.2) is 11.5 Å². The molecule has 0 saturated heterocycles. The molecule has 2 aliphatic rings. The molecule has 3 heterocycles. The van der Waals surface area contributed by atoms with E-state index in [2.05, 4.69) is 27.9 Å². The molecule has 0 fully saturated rings. The van der Waals surface area contributed by atoms with Gasteiger partial charge in [-0.1, -0.05) is 18.2 Å². The topological polar surface area (TPSA) is 54.3 Å². The van der Waals surface area contributed by atoms with Crippen LogP contribution in [-0.2, 0) is 0 Å². The molecule has 5 rings (SSSR count). The van der Waals surface area contributed by atoms with Crippen LogP contribution in [0.5, 0.6) is 17.2 Å². The zero-order valence-electron chi connectivity index (χ0n) is 14.7. The van der Waals surface area contributed by atoms with Crippen molar-refractivity contribution in [1.82, 2.24) is 5.01 Å². The van der Waals surface area contributed by atoms with Gasteiger partial charge in [0.2, 0.25) is 6.23 Å². The molecule has 5 nitrogen and oxygen atoms in total. The molecule has 2 aliphatic heterocycles. The second-order valence-electron chi connectivity index (χ2n) is 6.60. The molecule has 0 bridgehead atoms. The summed E-state index contributed by atoms with van der Waals surface area (Å²) >= 11 is 1.65. The van der Waals surface area contributed by atoms with E-state index in [9.17, 15) is 5.11 Å². The largest absolute Gasteiger partial charge is 0.504 e. The first-order chi connectivity index (χ1) is 13.2. The lowest BCUT2D eigenvalue weighted by atomic mass is 9.96. The Morgan fingerprint density at radius 3 is 2.93 bits per heavy atom. The molecule has 2 atom stereocenters. The van der Waals surface area contributed by atoms with Crippen molar-refractivity contribution in [3.63, 3.8) is 0 Å². The van der Waals surface area contributed by atoms with E-state index in [1.807, 2.05) is 30.3 Å².